The summed E-state index contributed by atoms with van der Waals surface area (Å²) in [4.78, 5) is 0. The fourth-order valence-electron chi connectivity index (χ4n) is 1.09. The highest BCUT2D eigenvalue weighted by Crippen LogP contribution is 2.22. The second-order valence-corrected chi connectivity index (χ2v) is 5.09. The van der Waals surface area contributed by atoms with Crippen LogP contribution >= 0.6 is 11.3 Å². The van der Waals surface area contributed by atoms with Crippen LogP contribution in [0, 0.1) is 0 Å². The van der Waals surface area contributed by atoms with E-state index in [0.717, 1.165) is 5.01 Å². The SMILES string of the molecule is CC(C)NCc1nnc(OCCCC(F)(F)F)s1. The number of rotatable bonds is 7. The molecule has 0 aromatic carbocycles. The third kappa shape index (κ3) is 6.75. The Kier molecular flexibility index (Phi) is 5.80. The summed E-state index contributed by atoms with van der Waals surface area (Å²) >= 11 is 1.24. The van der Waals surface area contributed by atoms with E-state index in [9.17, 15) is 13.2 Å². The van der Waals surface area contributed by atoms with Crippen LogP contribution in [-0.2, 0) is 6.54 Å². The van der Waals surface area contributed by atoms with E-state index in [0.29, 0.717) is 17.8 Å². The molecule has 0 amide bonds. The van der Waals surface area contributed by atoms with Gasteiger partial charge < -0.3 is 10.1 Å². The highest BCUT2D eigenvalue weighted by Gasteiger charge is 2.26. The zero-order valence-corrected chi connectivity index (χ0v) is 11.1. The van der Waals surface area contributed by atoms with E-state index < -0.39 is 12.6 Å². The van der Waals surface area contributed by atoms with Gasteiger partial charge in [-0.15, -0.1) is 10.2 Å². The smallest absolute Gasteiger partial charge is 0.389 e. The largest absolute Gasteiger partial charge is 0.469 e. The first-order valence-electron chi connectivity index (χ1n) is 5.62. The van der Waals surface area contributed by atoms with Crippen molar-refractivity contribution >= 4 is 11.3 Å². The molecular formula is C10H16F3N3OS. The van der Waals surface area contributed by atoms with E-state index in [2.05, 4.69) is 15.5 Å². The zero-order valence-electron chi connectivity index (χ0n) is 10.3. The van der Waals surface area contributed by atoms with E-state index in [1.165, 1.54) is 11.3 Å². The summed E-state index contributed by atoms with van der Waals surface area (Å²) in [5.74, 6) is 0. The van der Waals surface area contributed by atoms with Crippen molar-refractivity contribution in [2.24, 2.45) is 0 Å². The molecule has 4 nitrogen and oxygen atoms in total. The molecule has 0 unspecified atom stereocenters. The molecule has 1 heterocycles. The quantitative estimate of drug-likeness (QED) is 0.782. The van der Waals surface area contributed by atoms with Crippen LogP contribution in [0.15, 0.2) is 0 Å². The monoisotopic (exact) mass is 283 g/mol. The number of aromatic nitrogens is 2. The second-order valence-electron chi connectivity index (χ2n) is 4.06. The van der Waals surface area contributed by atoms with Crippen LogP contribution in [0.1, 0.15) is 31.7 Å². The first-order valence-corrected chi connectivity index (χ1v) is 6.44. The Morgan fingerprint density at radius 1 is 1.33 bits per heavy atom. The summed E-state index contributed by atoms with van der Waals surface area (Å²) in [6, 6.07) is 0.338. The molecule has 0 spiro atoms. The topological polar surface area (TPSA) is 47.0 Å². The fourth-order valence-corrected chi connectivity index (χ4v) is 1.75. The predicted molar refractivity (Wildman–Crippen MR) is 62.7 cm³/mol. The van der Waals surface area contributed by atoms with Crippen molar-refractivity contribution in [1.82, 2.24) is 15.5 Å². The summed E-state index contributed by atoms with van der Waals surface area (Å²) < 4.78 is 40.7. The first-order chi connectivity index (χ1) is 8.37. The number of alkyl halides is 3. The number of hydrogen-bond donors (Lipinski definition) is 1. The molecule has 0 bridgehead atoms. The third-order valence-corrected chi connectivity index (χ3v) is 2.78. The molecule has 0 atom stereocenters. The number of ether oxygens (including phenoxy) is 1. The van der Waals surface area contributed by atoms with Gasteiger partial charge in [0.05, 0.1) is 13.2 Å². The summed E-state index contributed by atoms with van der Waals surface area (Å²) in [5.41, 5.74) is 0. The summed E-state index contributed by atoms with van der Waals surface area (Å²) in [7, 11) is 0. The maximum atomic E-state index is 11.9. The van der Waals surface area contributed by atoms with Crippen LogP contribution in [0.2, 0.25) is 0 Å². The molecule has 1 N–H and O–H groups in total. The Morgan fingerprint density at radius 2 is 2.06 bits per heavy atom. The van der Waals surface area contributed by atoms with E-state index >= 15 is 0 Å². The van der Waals surface area contributed by atoms with Crippen molar-refractivity contribution in [3.63, 3.8) is 0 Å². The van der Waals surface area contributed by atoms with Crippen LogP contribution in [0.25, 0.3) is 0 Å². The zero-order chi connectivity index (χ0) is 13.6. The number of halogens is 3. The van der Waals surface area contributed by atoms with Crippen molar-refractivity contribution in [2.45, 2.75) is 45.5 Å². The first kappa shape index (κ1) is 15.2. The van der Waals surface area contributed by atoms with Crippen LogP contribution in [0.3, 0.4) is 0 Å². The molecule has 18 heavy (non-hydrogen) atoms. The lowest BCUT2D eigenvalue weighted by atomic mass is 10.3. The molecule has 0 saturated carbocycles. The van der Waals surface area contributed by atoms with Crippen LogP contribution < -0.4 is 10.1 Å². The molecule has 1 aromatic rings. The molecule has 0 saturated heterocycles. The van der Waals surface area contributed by atoms with Gasteiger partial charge in [-0.2, -0.15) is 13.2 Å². The van der Waals surface area contributed by atoms with Crippen molar-refractivity contribution in [3.05, 3.63) is 5.01 Å². The van der Waals surface area contributed by atoms with E-state index in [4.69, 9.17) is 4.74 Å². The third-order valence-electron chi connectivity index (χ3n) is 1.94. The number of hydrogen-bond acceptors (Lipinski definition) is 5. The molecule has 1 aromatic heterocycles. The van der Waals surface area contributed by atoms with Crippen molar-refractivity contribution in [1.29, 1.82) is 0 Å². The van der Waals surface area contributed by atoms with Gasteiger partial charge in [-0.1, -0.05) is 25.2 Å². The summed E-state index contributed by atoms with van der Waals surface area (Å²) in [5, 5.41) is 11.9. The van der Waals surface area contributed by atoms with Gasteiger partial charge in [0.1, 0.15) is 5.01 Å². The predicted octanol–water partition coefficient (Wildman–Crippen LogP) is 2.76. The molecule has 0 aliphatic carbocycles. The highest BCUT2D eigenvalue weighted by atomic mass is 32.1. The van der Waals surface area contributed by atoms with E-state index in [-0.39, 0.29) is 13.0 Å². The average molecular weight is 283 g/mol. The highest BCUT2D eigenvalue weighted by molar-refractivity contribution is 7.13. The number of nitrogens with zero attached hydrogens (tertiary/aromatic N) is 2. The standard InChI is InChI=1S/C10H16F3N3OS/c1-7(2)14-6-8-15-16-9(18-8)17-5-3-4-10(11,12)13/h7,14H,3-6H2,1-2H3. The minimum absolute atomic E-state index is 0.00571. The number of nitrogens with one attached hydrogen (secondary N) is 1. The Labute approximate surface area is 108 Å². The lowest BCUT2D eigenvalue weighted by molar-refractivity contribution is -0.136. The lowest BCUT2D eigenvalue weighted by Gasteiger charge is -2.05. The molecule has 104 valence electrons. The Bertz CT molecular complexity index is 354. The summed E-state index contributed by atoms with van der Waals surface area (Å²) in [6.07, 6.45) is -5.03. The maximum absolute atomic E-state index is 11.9. The van der Waals surface area contributed by atoms with Gasteiger partial charge in [0.2, 0.25) is 0 Å². The van der Waals surface area contributed by atoms with Gasteiger partial charge in [-0.25, -0.2) is 0 Å². The molecule has 8 heteroatoms. The normalized spacial score (nSPS) is 12.1. The molecule has 1 rings (SSSR count). The van der Waals surface area contributed by atoms with Gasteiger partial charge in [0.15, 0.2) is 0 Å². The minimum Gasteiger partial charge on any atom is -0.469 e. The van der Waals surface area contributed by atoms with Gasteiger partial charge in [0, 0.05) is 12.5 Å². The fraction of sp³-hybridized carbons (Fsp3) is 0.800. The van der Waals surface area contributed by atoms with Gasteiger partial charge >= 0.3 is 6.18 Å². The molecular weight excluding hydrogens is 267 g/mol. The Morgan fingerprint density at radius 3 is 2.67 bits per heavy atom. The van der Waals surface area contributed by atoms with E-state index in [1.807, 2.05) is 13.8 Å². The van der Waals surface area contributed by atoms with Crippen LogP contribution in [-0.4, -0.2) is 29.0 Å². The molecule has 0 fully saturated rings. The van der Waals surface area contributed by atoms with Gasteiger partial charge in [0.25, 0.3) is 5.19 Å². The Balaban J connectivity index is 2.23. The second kappa shape index (κ2) is 6.89. The molecule has 0 radical (unpaired) electrons. The van der Waals surface area contributed by atoms with Crippen molar-refractivity contribution in [2.75, 3.05) is 6.61 Å². The maximum Gasteiger partial charge on any atom is 0.389 e. The van der Waals surface area contributed by atoms with Crippen molar-refractivity contribution in [3.8, 4) is 5.19 Å². The molecule has 0 aliphatic heterocycles. The lowest BCUT2D eigenvalue weighted by Crippen LogP contribution is -2.21. The van der Waals surface area contributed by atoms with E-state index in [1.54, 1.807) is 0 Å². The molecule has 0 aliphatic rings. The van der Waals surface area contributed by atoms with Gasteiger partial charge in [-0.05, 0) is 6.42 Å². The van der Waals surface area contributed by atoms with Crippen LogP contribution in [0.4, 0.5) is 13.2 Å². The summed E-state index contributed by atoms with van der Waals surface area (Å²) in [6.45, 7) is 4.61. The average Bonchev–Trinajstić information content (AvgIpc) is 2.68. The van der Waals surface area contributed by atoms with Crippen molar-refractivity contribution < 1.29 is 17.9 Å². The van der Waals surface area contributed by atoms with Gasteiger partial charge in [-0.3, -0.25) is 0 Å². The Hall–Kier alpha value is -0.890. The minimum atomic E-state index is -4.13. The van der Waals surface area contributed by atoms with Crippen LogP contribution in [0.5, 0.6) is 5.19 Å².